The molecule has 32 heavy (non-hydrogen) atoms. The fourth-order valence-electron chi connectivity index (χ4n) is 4.43. The topological polar surface area (TPSA) is 87.1 Å². The first-order chi connectivity index (χ1) is 15.6. The number of pyridine rings is 2. The van der Waals surface area contributed by atoms with Gasteiger partial charge in [0.1, 0.15) is 5.52 Å². The van der Waals surface area contributed by atoms with Gasteiger partial charge in [0.15, 0.2) is 5.75 Å². The zero-order valence-electron chi connectivity index (χ0n) is 17.4. The predicted octanol–water partition coefficient (Wildman–Crippen LogP) is 5.30. The molecule has 7 heteroatoms. The molecule has 0 radical (unpaired) electrons. The summed E-state index contributed by atoms with van der Waals surface area (Å²) in [5.74, 6) is -0.330. The van der Waals surface area contributed by atoms with Crippen molar-refractivity contribution in [2.75, 3.05) is 5.32 Å². The zero-order valence-corrected chi connectivity index (χ0v) is 18.1. The summed E-state index contributed by atoms with van der Waals surface area (Å²) in [5.41, 5.74) is 2.62. The summed E-state index contributed by atoms with van der Waals surface area (Å²) >= 11 is 6.09. The Hall–Kier alpha value is -3.38. The third-order valence-electron chi connectivity index (χ3n) is 6.12. The highest BCUT2D eigenvalue weighted by molar-refractivity contribution is 6.31. The third kappa shape index (κ3) is 4.06. The average molecular weight is 447 g/mol. The molecule has 162 valence electrons. The first-order valence-corrected chi connectivity index (χ1v) is 11.1. The SMILES string of the molecule is O=C(NC1CCC(Nc2ccnc3cc(Cl)ccc23)CC1)c1ccc2cccnc2c1O. The Kier molecular flexibility index (Phi) is 5.53. The minimum absolute atomic E-state index is 0.0689. The van der Waals surface area contributed by atoms with Crippen molar-refractivity contribution < 1.29 is 9.90 Å². The molecule has 0 spiro atoms. The Morgan fingerprint density at radius 3 is 2.62 bits per heavy atom. The van der Waals surface area contributed by atoms with Gasteiger partial charge in [0, 0.05) is 46.0 Å². The highest BCUT2D eigenvalue weighted by atomic mass is 35.5. The minimum atomic E-state index is -0.261. The van der Waals surface area contributed by atoms with Crippen molar-refractivity contribution in [3.05, 3.63) is 71.5 Å². The normalized spacial score (nSPS) is 18.5. The van der Waals surface area contributed by atoms with E-state index in [1.54, 1.807) is 24.5 Å². The molecule has 0 saturated heterocycles. The highest BCUT2D eigenvalue weighted by Gasteiger charge is 2.24. The van der Waals surface area contributed by atoms with Crippen LogP contribution in [0.2, 0.25) is 5.02 Å². The Bertz CT molecular complexity index is 1300. The number of benzene rings is 2. The Morgan fingerprint density at radius 2 is 1.78 bits per heavy atom. The summed E-state index contributed by atoms with van der Waals surface area (Å²) < 4.78 is 0. The van der Waals surface area contributed by atoms with Gasteiger partial charge < -0.3 is 15.7 Å². The quantitative estimate of drug-likeness (QED) is 0.396. The van der Waals surface area contributed by atoms with Gasteiger partial charge in [0.2, 0.25) is 0 Å². The van der Waals surface area contributed by atoms with Crippen LogP contribution in [-0.2, 0) is 0 Å². The fourth-order valence-corrected chi connectivity index (χ4v) is 4.59. The number of hydrogen-bond donors (Lipinski definition) is 3. The summed E-state index contributed by atoms with van der Waals surface area (Å²) in [4.78, 5) is 21.4. The van der Waals surface area contributed by atoms with Crippen LogP contribution in [0.4, 0.5) is 5.69 Å². The van der Waals surface area contributed by atoms with E-state index in [9.17, 15) is 9.90 Å². The molecular weight excluding hydrogens is 424 g/mol. The maximum Gasteiger partial charge on any atom is 0.255 e. The predicted molar refractivity (Wildman–Crippen MR) is 127 cm³/mol. The van der Waals surface area contributed by atoms with Crippen LogP contribution in [0.15, 0.2) is 60.9 Å². The van der Waals surface area contributed by atoms with Gasteiger partial charge in [-0.2, -0.15) is 0 Å². The molecule has 0 bridgehead atoms. The number of amides is 1. The van der Waals surface area contributed by atoms with Crippen molar-refractivity contribution in [3.8, 4) is 5.75 Å². The van der Waals surface area contributed by atoms with Gasteiger partial charge in [-0.1, -0.05) is 23.7 Å². The number of aromatic nitrogens is 2. The molecule has 1 aliphatic carbocycles. The van der Waals surface area contributed by atoms with Crippen LogP contribution in [0.25, 0.3) is 21.8 Å². The van der Waals surface area contributed by atoms with Crippen molar-refractivity contribution >= 4 is 45.0 Å². The molecule has 2 aromatic carbocycles. The number of nitrogens with zero attached hydrogens (tertiary/aromatic N) is 2. The summed E-state index contributed by atoms with van der Waals surface area (Å²) in [6.07, 6.45) is 7.01. The number of nitrogens with one attached hydrogen (secondary N) is 2. The van der Waals surface area contributed by atoms with Gasteiger partial charge in [-0.05, 0) is 62.1 Å². The summed E-state index contributed by atoms with van der Waals surface area (Å²) in [5, 5.41) is 19.8. The van der Waals surface area contributed by atoms with Crippen molar-refractivity contribution in [1.29, 1.82) is 0 Å². The van der Waals surface area contributed by atoms with E-state index in [1.807, 2.05) is 36.4 Å². The number of halogens is 1. The molecule has 1 aliphatic rings. The van der Waals surface area contributed by atoms with E-state index in [1.165, 1.54) is 0 Å². The molecule has 2 aromatic heterocycles. The molecule has 1 amide bonds. The van der Waals surface area contributed by atoms with Crippen molar-refractivity contribution in [2.45, 2.75) is 37.8 Å². The second-order valence-corrected chi connectivity index (χ2v) is 8.66. The maximum absolute atomic E-state index is 12.8. The number of phenols is 1. The summed E-state index contributed by atoms with van der Waals surface area (Å²) in [7, 11) is 0. The molecule has 0 unspecified atom stereocenters. The van der Waals surface area contributed by atoms with Gasteiger partial charge in [0.05, 0.1) is 11.1 Å². The van der Waals surface area contributed by atoms with Crippen LogP contribution in [0.5, 0.6) is 5.75 Å². The lowest BCUT2D eigenvalue weighted by Gasteiger charge is -2.30. The molecule has 0 atom stereocenters. The largest absolute Gasteiger partial charge is 0.505 e. The molecule has 1 fully saturated rings. The van der Waals surface area contributed by atoms with Gasteiger partial charge >= 0.3 is 0 Å². The third-order valence-corrected chi connectivity index (χ3v) is 6.35. The molecule has 4 aromatic rings. The number of carbonyl (C=O) groups excluding carboxylic acids is 1. The van der Waals surface area contributed by atoms with Gasteiger partial charge in [-0.3, -0.25) is 14.8 Å². The molecule has 0 aliphatic heterocycles. The monoisotopic (exact) mass is 446 g/mol. The zero-order chi connectivity index (χ0) is 22.1. The van der Waals surface area contributed by atoms with E-state index in [-0.39, 0.29) is 23.3 Å². The number of aromatic hydroxyl groups is 1. The first kappa shape index (κ1) is 20.5. The highest BCUT2D eigenvalue weighted by Crippen LogP contribution is 2.30. The van der Waals surface area contributed by atoms with Crippen LogP contribution < -0.4 is 10.6 Å². The van der Waals surface area contributed by atoms with E-state index in [2.05, 4.69) is 20.6 Å². The standard InChI is InChI=1S/C25H23ClN4O2/c26-16-4-10-19-21(11-13-27-22(19)14-16)29-17-5-7-18(8-6-17)30-25(32)20-9-3-15-2-1-12-28-23(15)24(20)31/h1-4,9-14,17-18,31H,5-8H2,(H,27,29)(H,30,32). The van der Waals surface area contributed by atoms with E-state index in [0.29, 0.717) is 16.6 Å². The number of rotatable bonds is 4. The first-order valence-electron chi connectivity index (χ1n) is 10.8. The minimum Gasteiger partial charge on any atom is -0.505 e. The lowest BCUT2D eigenvalue weighted by atomic mass is 9.90. The van der Waals surface area contributed by atoms with Gasteiger partial charge in [-0.15, -0.1) is 0 Å². The van der Waals surface area contributed by atoms with Gasteiger partial charge in [0.25, 0.3) is 5.91 Å². The van der Waals surface area contributed by atoms with Crippen LogP contribution in [-0.4, -0.2) is 33.1 Å². The summed E-state index contributed by atoms with van der Waals surface area (Å²) in [6, 6.07) is 15.2. The fraction of sp³-hybridized carbons (Fsp3) is 0.240. The van der Waals surface area contributed by atoms with Gasteiger partial charge in [-0.25, -0.2) is 0 Å². The molecule has 6 nitrogen and oxygen atoms in total. The average Bonchev–Trinajstić information content (AvgIpc) is 2.80. The van der Waals surface area contributed by atoms with E-state index in [4.69, 9.17) is 11.6 Å². The van der Waals surface area contributed by atoms with E-state index < -0.39 is 0 Å². The Balaban J connectivity index is 1.22. The number of carbonyl (C=O) groups is 1. The van der Waals surface area contributed by atoms with E-state index >= 15 is 0 Å². The smallest absolute Gasteiger partial charge is 0.255 e. The van der Waals surface area contributed by atoms with Crippen LogP contribution in [0.3, 0.4) is 0 Å². The molecule has 1 saturated carbocycles. The second-order valence-electron chi connectivity index (χ2n) is 8.22. The number of phenolic OH excluding ortho intramolecular Hbond substituents is 1. The Labute approximate surface area is 190 Å². The van der Waals surface area contributed by atoms with Crippen LogP contribution in [0, 0.1) is 0 Å². The molecule has 3 N–H and O–H groups in total. The van der Waals surface area contributed by atoms with Crippen molar-refractivity contribution in [1.82, 2.24) is 15.3 Å². The number of fused-ring (bicyclic) bond motifs is 2. The summed E-state index contributed by atoms with van der Waals surface area (Å²) in [6.45, 7) is 0. The Morgan fingerprint density at radius 1 is 0.969 bits per heavy atom. The second kappa shape index (κ2) is 8.63. The number of hydrogen-bond acceptors (Lipinski definition) is 5. The van der Waals surface area contributed by atoms with E-state index in [0.717, 1.165) is 47.7 Å². The van der Waals surface area contributed by atoms with Crippen LogP contribution in [0.1, 0.15) is 36.0 Å². The molecular formula is C25H23ClN4O2. The van der Waals surface area contributed by atoms with Crippen LogP contribution >= 0.6 is 11.6 Å². The molecule has 5 rings (SSSR count). The molecule has 2 heterocycles. The van der Waals surface area contributed by atoms with Crippen molar-refractivity contribution in [2.24, 2.45) is 0 Å². The maximum atomic E-state index is 12.8. The lowest BCUT2D eigenvalue weighted by Crippen LogP contribution is -2.40. The number of anilines is 1. The lowest BCUT2D eigenvalue weighted by molar-refractivity contribution is 0.0924. The van der Waals surface area contributed by atoms with Crippen molar-refractivity contribution in [3.63, 3.8) is 0 Å².